The maximum Gasteiger partial charge on any atom is 0.407 e. The van der Waals surface area contributed by atoms with E-state index in [-0.39, 0.29) is 18.8 Å². The summed E-state index contributed by atoms with van der Waals surface area (Å²) in [5.41, 5.74) is 8.48. The van der Waals surface area contributed by atoms with Gasteiger partial charge in [-0.3, -0.25) is 14.8 Å². The van der Waals surface area contributed by atoms with E-state index in [4.69, 9.17) is 25.2 Å². The van der Waals surface area contributed by atoms with Gasteiger partial charge in [-0.25, -0.2) is 14.8 Å². The van der Waals surface area contributed by atoms with E-state index in [9.17, 15) is 9.59 Å². The summed E-state index contributed by atoms with van der Waals surface area (Å²) in [6.45, 7) is 6.69. The number of alkyl carbamates (subject to hydrolysis) is 1. The van der Waals surface area contributed by atoms with Crippen molar-refractivity contribution >= 4 is 62.2 Å². The third-order valence-electron chi connectivity index (χ3n) is 6.78. The van der Waals surface area contributed by atoms with Gasteiger partial charge in [0, 0.05) is 52.6 Å². The van der Waals surface area contributed by atoms with Crippen LogP contribution < -0.4 is 20.5 Å². The number of oxime groups is 1. The molecule has 4 aromatic heterocycles. The zero-order valence-corrected chi connectivity index (χ0v) is 26.7. The molecule has 0 aliphatic heterocycles. The number of hydrogen-bond donors (Lipinski definition) is 3. The van der Waals surface area contributed by atoms with E-state index in [1.807, 2.05) is 48.5 Å². The lowest BCUT2D eigenvalue weighted by Crippen LogP contribution is -2.34. The third kappa shape index (κ3) is 8.06. The summed E-state index contributed by atoms with van der Waals surface area (Å²) in [7, 11) is 0. The van der Waals surface area contributed by atoms with Gasteiger partial charge in [0.1, 0.15) is 47.0 Å². The molecule has 4 N–H and O–H groups in total. The molecule has 0 spiro atoms. The van der Waals surface area contributed by atoms with Crippen molar-refractivity contribution in [2.75, 3.05) is 26.3 Å². The van der Waals surface area contributed by atoms with Gasteiger partial charge in [0.25, 0.3) is 0 Å². The van der Waals surface area contributed by atoms with Gasteiger partial charge >= 0.3 is 6.09 Å². The van der Waals surface area contributed by atoms with Crippen molar-refractivity contribution < 1.29 is 29.0 Å². The first-order valence-corrected chi connectivity index (χ1v) is 15.1. The molecular weight excluding hydrogens is 614 g/mol. The number of hydrogen-bond acceptors (Lipinski definition) is 12. The van der Waals surface area contributed by atoms with Crippen LogP contribution in [-0.2, 0) is 4.74 Å². The first-order chi connectivity index (χ1) is 23.2. The highest BCUT2D eigenvalue weighted by Gasteiger charge is 2.16. The average molecular weight is 650 g/mol. The molecule has 0 radical (unpaired) electrons. The molecule has 0 aliphatic rings. The smallest absolute Gasteiger partial charge is 0.407 e. The average Bonchev–Trinajstić information content (AvgIpc) is 3.08. The second-order valence-electron chi connectivity index (χ2n) is 11.4. The number of nitrogens with zero attached hydrogens (tertiary/aromatic N) is 5. The number of pyridine rings is 4. The van der Waals surface area contributed by atoms with Crippen LogP contribution in [0.3, 0.4) is 0 Å². The van der Waals surface area contributed by atoms with E-state index in [2.05, 4.69) is 30.4 Å². The van der Waals surface area contributed by atoms with Crippen LogP contribution in [0.2, 0.25) is 0 Å². The number of aromatic nitrogens is 4. The first-order valence-electron chi connectivity index (χ1n) is 15.1. The number of carbonyl (C=O) groups excluding carboxylic acids is 2. The van der Waals surface area contributed by atoms with Gasteiger partial charge in [0.05, 0.1) is 29.5 Å². The van der Waals surface area contributed by atoms with Crippen molar-refractivity contribution in [1.82, 2.24) is 25.3 Å². The zero-order valence-electron chi connectivity index (χ0n) is 26.7. The van der Waals surface area contributed by atoms with Gasteiger partial charge in [-0.1, -0.05) is 29.4 Å². The van der Waals surface area contributed by atoms with Crippen molar-refractivity contribution in [2.45, 2.75) is 26.4 Å². The predicted octanol–water partition coefficient (Wildman–Crippen LogP) is 5.43. The second-order valence-corrected chi connectivity index (χ2v) is 11.4. The summed E-state index contributed by atoms with van der Waals surface area (Å²) >= 11 is 0. The highest BCUT2D eigenvalue weighted by Crippen LogP contribution is 2.31. The Hall–Kier alpha value is -5.95. The second kappa shape index (κ2) is 15.1. The Kier molecular flexibility index (Phi) is 10.5. The van der Waals surface area contributed by atoms with Crippen LogP contribution in [0.1, 0.15) is 37.0 Å². The SMILES string of the molecule is CC(C)(C)OC(=O)NCCOc1cc(C=O)nc2c1ccc1cccnc12.NCCOc1cc(/C=N/O)nc2c1ccc1cccnc12. The van der Waals surface area contributed by atoms with Crippen LogP contribution in [-0.4, -0.2) is 75.6 Å². The molecule has 6 aromatic rings. The summed E-state index contributed by atoms with van der Waals surface area (Å²) in [5, 5.41) is 17.9. The number of rotatable bonds is 9. The predicted molar refractivity (Wildman–Crippen MR) is 183 cm³/mol. The fourth-order valence-electron chi connectivity index (χ4n) is 4.85. The minimum atomic E-state index is -0.556. The van der Waals surface area contributed by atoms with Gasteiger partial charge < -0.3 is 30.5 Å². The molecule has 1 amide bonds. The molecule has 6 rings (SSSR count). The lowest BCUT2D eigenvalue weighted by Gasteiger charge is -2.19. The molecule has 48 heavy (non-hydrogen) atoms. The monoisotopic (exact) mass is 649 g/mol. The van der Waals surface area contributed by atoms with Gasteiger partial charge in [0.15, 0.2) is 6.29 Å². The molecule has 246 valence electrons. The lowest BCUT2D eigenvalue weighted by molar-refractivity contribution is 0.0520. The standard InChI is InChI=1S/C20H21N3O4.C15H14N4O2/c1-20(2,3)27-19(25)22-9-10-26-16-11-14(12-24)23-18-15(16)7-6-13-5-4-8-21-17(13)18;16-5-7-21-13-8-11(9-18-20)19-15-12(13)4-3-10-2-1-6-17-14(10)15/h4-8,11-12H,9-10H2,1-3H3,(H,22,25);1-4,6,8-9,20H,5,7,16H2/b;18-9+. The molecular formula is C35H35N7O6. The number of ether oxygens (including phenoxy) is 3. The Balaban J connectivity index is 0.000000194. The van der Waals surface area contributed by atoms with E-state index >= 15 is 0 Å². The van der Waals surface area contributed by atoms with E-state index in [1.54, 1.807) is 45.3 Å². The van der Waals surface area contributed by atoms with Crippen LogP contribution in [0.25, 0.3) is 43.6 Å². The molecule has 0 unspecified atom stereocenters. The molecule has 0 fully saturated rings. The number of fused-ring (bicyclic) bond motifs is 6. The number of aldehydes is 1. The normalized spacial score (nSPS) is 11.4. The Morgan fingerprint density at radius 1 is 0.854 bits per heavy atom. The van der Waals surface area contributed by atoms with E-state index in [0.717, 1.165) is 27.1 Å². The number of nitrogens with one attached hydrogen (secondary N) is 1. The van der Waals surface area contributed by atoms with E-state index in [1.165, 1.54) is 6.21 Å². The molecule has 0 saturated carbocycles. The van der Waals surface area contributed by atoms with Crippen LogP contribution in [0.5, 0.6) is 11.5 Å². The molecule has 0 atom stereocenters. The Labute approximate surface area is 275 Å². The maximum absolute atomic E-state index is 11.7. The fraction of sp³-hybridized carbons (Fsp3) is 0.229. The molecule has 0 saturated heterocycles. The largest absolute Gasteiger partial charge is 0.491 e. The summed E-state index contributed by atoms with van der Waals surface area (Å²) < 4.78 is 16.6. The summed E-state index contributed by atoms with van der Waals surface area (Å²) in [4.78, 5) is 40.6. The van der Waals surface area contributed by atoms with Gasteiger partial charge in [-0.2, -0.15) is 0 Å². The van der Waals surface area contributed by atoms with Crippen molar-refractivity contribution in [3.8, 4) is 11.5 Å². The molecule has 2 aromatic carbocycles. The number of carbonyl (C=O) groups is 2. The minimum Gasteiger partial charge on any atom is -0.491 e. The topological polar surface area (TPSA) is 184 Å². The molecule has 4 heterocycles. The maximum atomic E-state index is 11.7. The Bertz CT molecular complexity index is 2110. The molecule has 0 bridgehead atoms. The van der Waals surface area contributed by atoms with Crippen LogP contribution >= 0.6 is 0 Å². The highest BCUT2D eigenvalue weighted by molar-refractivity contribution is 6.07. The Morgan fingerprint density at radius 3 is 1.96 bits per heavy atom. The summed E-state index contributed by atoms with van der Waals surface area (Å²) in [5.74, 6) is 1.16. The van der Waals surface area contributed by atoms with Crippen molar-refractivity contribution in [1.29, 1.82) is 0 Å². The van der Waals surface area contributed by atoms with E-state index in [0.29, 0.717) is 53.2 Å². The lowest BCUT2D eigenvalue weighted by atomic mass is 10.1. The van der Waals surface area contributed by atoms with E-state index < -0.39 is 11.7 Å². The molecule has 13 nitrogen and oxygen atoms in total. The molecule has 0 aliphatic carbocycles. The van der Waals surface area contributed by atoms with Crippen LogP contribution in [0, 0.1) is 0 Å². The fourth-order valence-corrected chi connectivity index (χ4v) is 4.85. The van der Waals surface area contributed by atoms with Gasteiger partial charge in [0.2, 0.25) is 0 Å². The van der Waals surface area contributed by atoms with Crippen LogP contribution in [0.4, 0.5) is 4.79 Å². The highest BCUT2D eigenvalue weighted by atomic mass is 16.6. The Morgan fingerprint density at radius 2 is 1.42 bits per heavy atom. The summed E-state index contributed by atoms with van der Waals surface area (Å²) in [6.07, 6.45) is 4.83. The van der Waals surface area contributed by atoms with Gasteiger partial charge in [-0.15, -0.1) is 0 Å². The molecule has 13 heteroatoms. The van der Waals surface area contributed by atoms with Crippen molar-refractivity contribution in [3.05, 3.63) is 84.4 Å². The zero-order chi connectivity index (χ0) is 34.1. The van der Waals surface area contributed by atoms with Gasteiger partial charge in [-0.05, 0) is 45.0 Å². The van der Waals surface area contributed by atoms with Crippen molar-refractivity contribution in [2.24, 2.45) is 10.9 Å². The third-order valence-corrected chi connectivity index (χ3v) is 6.78. The number of amides is 1. The quantitative estimate of drug-likeness (QED) is 0.0453. The van der Waals surface area contributed by atoms with Crippen molar-refractivity contribution in [3.63, 3.8) is 0 Å². The number of nitrogens with two attached hydrogens (primary N) is 1. The number of benzene rings is 2. The first kappa shape index (κ1) is 33.4. The summed E-state index contributed by atoms with van der Waals surface area (Å²) in [6, 6.07) is 18.6. The van der Waals surface area contributed by atoms with Crippen LogP contribution in [0.15, 0.2) is 78.2 Å². The minimum absolute atomic E-state index is 0.219.